The van der Waals surface area contributed by atoms with E-state index in [0.29, 0.717) is 12.5 Å². The molecule has 0 aromatic rings. The maximum Gasteiger partial charge on any atom is 0.311 e. The Morgan fingerprint density at radius 1 is 1.43 bits per heavy atom. The second-order valence-corrected chi connectivity index (χ2v) is 4.02. The number of likely N-dealkylation sites (tertiary alicyclic amines) is 1. The Labute approximate surface area is 84.4 Å². The molecule has 4 heteroatoms. The largest absolute Gasteiger partial charge is 0.361 e. The minimum Gasteiger partial charge on any atom is -0.361 e. The molecule has 80 valence electrons. The van der Waals surface area contributed by atoms with Gasteiger partial charge in [-0.1, -0.05) is 13.3 Å². The Balaban J connectivity index is 2.65. The molecule has 0 radical (unpaired) electrons. The summed E-state index contributed by atoms with van der Waals surface area (Å²) in [5.41, 5.74) is 4.99. The van der Waals surface area contributed by atoms with Gasteiger partial charge < -0.3 is 10.6 Å². The highest BCUT2D eigenvalue weighted by atomic mass is 16.2. The molecule has 0 saturated carbocycles. The maximum absolute atomic E-state index is 11.4. The van der Waals surface area contributed by atoms with E-state index >= 15 is 0 Å². The number of nitrogens with two attached hydrogens (primary N) is 1. The summed E-state index contributed by atoms with van der Waals surface area (Å²) in [5, 5.41) is 0. The van der Waals surface area contributed by atoms with Gasteiger partial charge in [-0.2, -0.15) is 0 Å². The van der Waals surface area contributed by atoms with E-state index in [1.807, 2.05) is 6.92 Å². The smallest absolute Gasteiger partial charge is 0.311 e. The molecular weight excluding hydrogens is 180 g/mol. The number of carbonyl (C=O) groups excluding carboxylic acids is 2. The summed E-state index contributed by atoms with van der Waals surface area (Å²) in [4.78, 5) is 23.8. The SMILES string of the molecule is CCC1CCC(C)N(C(=O)C(N)=O)C1. The van der Waals surface area contributed by atoms with E-state index in [9.17, 15) is 9.59 Å². The minimum atomic E-state index is -0.839. The van der Waals surface area contributed by atoms with Crippen LogP contribution in [0.25, 0.3) is 0 Å². The predicted molar refractivity (Wildman–Crippen MR) is 53.4 cm³/mol. The van der Waals surface area contributed by atoms with Gasteiger partial charge in [0.05, 0.1) is 0 Å². The lowest BCUT2D eigenvalue weighted by Crippen LogP contribution is -2.49. The van der Waals surface area contributed by atoms with Gasteiger partial charge in [-0.05, 0) is 25.7 Å². The van der Waals surface area contributed by atoms with Gasteiger partial charge in [0, 0.05) is 12.6 Å². The first-order chi connectivity index (χ1) is 6.56. The highest BCUT2D eigenvalue weighted by Crippen LogP contribution is 2.23. The Morgan fingerprint density at radius 3 is 2.57 bits per heavy atom. The van der Waals surface area contributed by atoms with Crippen LogP contribution >= 0.6 is 0 Å². The second-order valence-electron chi connectivity index (χ2n) is 4.02. The van der Waals surface area contributed by atoms with E-state index in [0.717, 1.165) is 19.3 Å². The number of piperidine rings is 1. The zero-order valence-corrected chi connectivity index (χ0v) is 8.82. The third kappa shape index (κ3) is 2.25. The summed E-state index contributed by atoms with van der Waals surface area (Å²) in [7, 11) is 0. The van der Waals surface area contributed by atoms with E-state index in [2.05, 4.69) is 6.92 Å². The molecule has 1 aliphatic rings. The molecule has 0 spiro atoms. The lowest BCUT2D eigenvalue weighted by molar-refractivity contribution is -0.147. The fourth-order valence-corrected chi connectivity index (χ4v) is 1.94. The second kappa shape index (κ2) is 4.44. The Bertz CT molecular complexity index is 240. The zero-order valence-electron chi connectivity index (χ0n) is 8.82. The van der Waals surface area contributed by atoms with E-state index < -0.39 is 11.8 Å². The highest BCUT2D eigenvalue weighted by molar-refractivity contribution is 6.34. The molecule has 1 aliphatic heterocycles. The van der Waals surface area contributed by atoms with Crippen molar-refractivity contribution in [2.45, 2.75) is 39.2 Å². The molecule has 2 amide bonds. The van der Waals surface area contributed by atoms with Crippen molar-refractivity contribution in [1.29, 1.82) is 0 Å². The lowest BCUT2D eigenvalue weighted by Gasteiger charge is -2.36. The molecule has 4 nitrogen and oxygen atoms in total. The van der Waals surface area contributed by atoms with Crippen molar-refractivity contribution in [3.63, 3.8) is 0 Å². The van der Waals surface area contributed by atoms with Gasteiger partial charge in [0.1, 0.15) is 0 Å². The number of hydrogen-bond acceptors (Lipinski definition) is 2. The van der Waals surface area contributed by atoms with Gasteiger partial charge in [-0.15, -0.1) is 0 Å². The summed E-state index contributed by atoms with van der Waals surface area (Å²) < 4.78 is 0. The van der Waals surface area contributed by atoms with Crippen molar-refractivity contribution in [3.8, 4) is 0 Å². The average Bonchev–Trinajstić information content (AvgIpc) is 2.17. The first kappa shape index (κ1) is 11.0. The summed E-state index contributed by atoms with van der Waals surface area (Å²) in [6.07, 6.45) is 3.16. The van der Waals surface area contributed by atoms with Crippen molar-refractivity contribution in [2.75, 3.05) is 6.54 Å². The number of amides is 2. The lowest BCUT2D eigenvalue weighted by atomic mass is 9.91. The van der Waals surface area contributed by atoms with Crippen LogP contribution in [0.2, 0.25) is 0 Å². The molecule has 1 fully saturated rings. The topological polar surface area (TPSA) is 63.4 Å². The molecule has 1 saturated heterocycles. The Kier molecular flexibility index (Phi) is 3.49. The molecule has 0 aliphatic carbocycles. The van der Waals surface area contributed by atoms with Crippen LogP contribution in [0.3, 0.4) is 0 Å². The van der Waals surface area contributed by atoms with Gasteiger partial charge >= 0.3 is 11.8 Å². The van der Waals surface area contributed by atoms with E-state index in [-0.39, 0.29) is 6.04 Å². The maximum atomic E-state index is 11.4. The van der Waals surface area contributed by atoms with Crippen LogP contribution in [0.4, 0.5) is 0 Å². The van der Waals surface area contributed by atoms with Gasteiger partial charge in [0.25, 0.3) is 0 Å². The molecule has 1 heterocycles. The average molecular weight is 198 g/mol. The van der Waals surface area contributed by atoms with Crippen molar-refractivity contribution < 1.29 is 9.59 Å². The first-order valence-electron chi connectivity index (χ1n) is 5.16. The summed E-state index contributed by atoms with van der Waals surface area (Å²) in [5.74, 6) is -0.848. The molecular formula is C10H18N2O2. The Hall–Kier alpha value is -1.06. The molecule has 2 atom stereocenters. The van der Waals surface area contributed by atoms with E-state index in [4.69, 9.17) is 5.73 Å². The fourth-order valence-electron chi connectivity index (χ4n) is 1.94. The van der Waals surface area contributed by atoms with Gasteiger partial charge in [0.15, 0.2) is 0 Å². The van der Waals surface area contributed by atoms with Crippen molar-refractivity contribution >= 4 is 11.8 Å². The quantitative estimate of drug-likeness (QED) is 0.624. The highest BCUT2D eigenvalue weighted by Gasteiger charge is 2.30. The number of nitrogens with zero attached hydrogens (tertiary/aromatic N) is 1. The molecule has 2 N–H and O–H groups in total. The molecule has 14 heavy (non-hydrogen) atoms. The monoisotopic (exact) mass is 198 g/mol. The van der Waals surface area contributed by atoms with E-state index in [1.54, 1.807) is 4.90 Å². The molecule has 0 bridgehead atoms. The van der Waals surface area contributed by atoms with E-state index in [1.165, 1.54) is 0 Å². The molecule has 0 aromatic heterocycles. The third-order valence-corrected chi connectivity index (χ3v) is 3.03. The first-order valence-corrected chi connectivity index (χ1v) is 5.16. The standard InChI is InChI=1S/C10H18N2O2/c1-3-8-5-4-7(2)12(6-8)10(14)9(11)13/h7-8H,3-6H2,1-2H3,(H2,11,13). The number of primary amides is 1. The van der Waals surface area contributed by atoms with Crippen LogP contribution in [-0.2, 0) is 9.59 Å². The summed E-state index contributed by atoms with van der Waals surface area (Å²) in [6, 6.07) is 0.151. The Morgan fingerprint density at radius 2 is 2.07 bits per heavy atom. The predicted octanol–water partition coefficient (Wildman–Crippen LogP) is 0.509. The minimum absolute atomic E-state index is 0.151. The van der Waals surface area contributed by atoms with Crippen LogP contribution in [-0.4, -0.2) is 29.3 Å². The number of carbonyl (C=O) groups is 2. The third-order valence-electron chi connectivity index (χ3n) is 3.03. The number of rotatable bonds is 1. The summed E-state index contributed by atoms with van der Waals surface area (Å²) in [6.45, 7) is 4.75. The van der Waals surface area contributed by atoms with Gasteiger partial charge in [-0.3, -0.25) is 9.59 Å². The van der Waals surface area contributed by atoms with Crippen LogP contribution in [0.15, 0.2) is 0 Å². The normalized spacial score (nSPS) is 27.4. The van der Waals surface area contributed by atoms with Gasteiger partial charge in [-0.25, -0.2) is 0 Å². The van der Waals surface area contributed by atoms with Crippen molar-refractivity contribution in [1.82, 2.24) is 4.90 Å². The molecule has 1 rings (SSSR count). The number of hydrogen-bond donors (Lipinski definition) is 1. The van der Waals surface area contributed by atoms with Gasteiger partial charge in [0.2, 0.25) is 0 Å². The van der Waals surface area contributed by atoms with Crippen LogP contribution in [0.1, 0.15) is 33.1 Å². The van der Waals surface area contributed by atoms with Crippen molar-refractivity contribution in [3.05, 3.63) is 0 Å². The zero-order chi connectivity index (χ0) is 10.7. The molecule has 0 aromatic carbocycles. The summed E-state index contributed by atoms with van der Waals surface area (Å²) >= 11 is 0. The fraction of sp³-hybridized carbons (Fsp3) is 0.800. The molecule has 2 unspecified atom stereocenters. The van der Waals surface area contributed by atoms with Crippen LogP contribution in [0, 0.1) is 5.92 Å². The van der Waals surface area contributed by atoms with Crippen LogP contribution < -0.4 is 5.73 Å². The van der Waals surface area contributed by atoms with Crippen molar-refractivity contribution in [2.24, 2.45) is 11.7 Å². The van der Waals surface area contributed by atoms with Crippen LogP contribution in [0.5, 0.6) is 0 Å².